The third kappa shape index (κ3) is 2.08. The predicted octanol–water partition coefficient (Wildman–Crippen LogP) is 3.04. The minimum Gasteiger partial charge on any atom is -0.346 e. The molecular weight excluding hydrogens is 220 g/mol. The minimum absolute atomic E-state index is 0.0921. The molecular formula is C16H20N2. The fourth-order valence-corrected chi connectivity index (χ4v) is 2.90. The van der Waals surface area contributed by atoms with Crippen molar-refractivity contribution >= 4 is 0 Å². The van der Waals surface area contributed by atoms with Gasteiger partial charge in [0, 0.05) is 24.5 Å². The fraction of sp³-hybridized carbons (Fsp3) is 0.375. The Balaban J connectivity index is 1.86. The van der Waals surface area contributed by atoms with E-state index in [1.54, 1.807) is 11.1 Å². The summed E-state index contributed by atoms with van der Waals surface area (Å²) in [6, 6.07) is 11.2. The second kappa shape index (κ2) is 4.62. The molecule has 0 radical (unpaired) electrons. The van der Waals surface area contributed by atoms with E-state index in [4.69, 9.17) is 5.73 Å². The van der Waals surface area contributed by atoms with Gasteiger partial charge in [-0.1, -0.05) is 18.2 Å². The zero-order chi connectivity index (χ0) is 12.5. The van der Waals surface area contributed by atoms with Crippen LogP contribution in [0.25, 0.3) is 0 Å². The van der Waals surface area contributed by atoms with Crippen molar-refractivity contribution in [2.75, 3.05) is 0 Å². The van der Waals surface area contributed by atoms with Gasteiger partial charge < -0.3 is 10.3 Å². The molecule has 0 amide bonds. The van der Waals surface area contributed by atoms with Crippen molar-refractivity contribution in [1.29, 1.82) is 0 Å². The van der Waals surface area contributed by atoms with Crippen LogP contribution in [0, 0.1) is 0 Å². The molecule has 1 unspecified atom stereocenters. The summed E-state index contributed by atoms with van der Waals surface area (Å²) >= 11 is 0. The topological polar surface area (TPSA) is 30.9 Å². The van der Waals surface area contributed by atoms with E-state index in [0.29, 0.717) is 0 Å². The molecule has 1 aromatic carbocycles. The van der Waals surface area contributed by atoms with E-state index in [0.717, 1.165) is 6.54 Å². The van der Waals surface area contributed by atoms with E-state index in [-0.39, 0.29) is 6.04 Å². The van der Waals surface area contributed by atoms with Crippen molar-refractivity contribution in [1.82, 2.24) is 4.57 Å². The molecule has 0 saturated heterocycles. The lowest BCUT2D eigenvalue weighted by Gasteiger charge is -2.13. The van der Waals surface area contributed by atoms with E-state index in [1.165, 1.54) is 30.5 Å². The number of hydrogen-bond donors (Lipinski definition) is 1. The monoisotopic (exact) mass is 240 g/mol. The molecule has 0 fully saturated rings. The maximum absolute atomic E-state index is 5.98. The molecule has 2 nitrogen and oxygen atoms in total. The van der Waals surface area contributed by atoms with E-state index in [1.807, 2.05) is 6.92 Å². The summed E-state index contributed by atoms with van der Waals surface area (Å²) < 4.78 is 2.25. The lowest BCUT2D eigenvalue weighted by atomic mass is 10.1. The summed E-state index contributed by atoms with van der Waals surface area (Å²) in [7, 11) is 0. The fourth-order valence-electron chi connectivity index (χ4n) is 2.90. The summed E-state index contributed by atoms with van der Waals surface area (Å²) in [5.41, 5.74) is 11.7. The quantitative estimate of drug-likeness (QED) is 0.878. The molecule has 18 heavy (non-hydrogen) atoms. The highest BCUT2D eigenvalue weighted by Crippen LogP contribution is 2.23. The number of hydrogen-bond acceptors (Lipinski definition) is 1. The second-order valence-corrected chi connectivity index (χ2v) is 5.31. The number of aromatic nitrogens is 1. The maximum Gasteiger partial charge on any atom is 0.0473 e. The normalized spacial score (nSPS) is 15.7. The van der Waals surface area contributed by atoms with Crippen LogP contribution < -0.4 is 5.73 Å². The molecule has 0 spiro atoms. The first kappa shape index (κ1) is 11.5. The highest BCUT2D eigenvalue weighted by Gasteiger charge is 2.11. The van der Waals surface area contributed by atoms with Crippen molar-refractivity contribution < 1.29 is 0 Å². The molecule has 2 heteroatoms. The number of nitrogens with zero attached hydrogens (tertiary/aromatic N) is 1. The number of aryl methyl sites for hydroxylation is 2. The molecule has 0 aliphatic heterocycles. The first-order chi connectivity index (χ1) is 8.74. The molecule has 2 aromatic rings. The van der Waals surface area contributed by atoms with Gasteiger partial charge in [-0.15, -0.1) is 0 Å². The van der Waals surface area contributed by atoms with Gasteiger partial charge in [0.1, 0.15) is 0 Å². The summed E-state index contributed by atoms with van der Waals surface area (Å²) in [5.74, 6) is 0. The summed E-state index contributed by atoms with van der Waals surface area (Å²) in [6.45, 7) is 2.96. The van der Waals surface area contributed by atoms with Gasteiger partial charge >= 0.3 is 0 Å². The van der Waals surface area contributed by atoms with Gasteiger partial charge in [0.25, 0.3) is 0 Å². The lowest BCUT2D eigenvalue weighted by Crippen LogP contribution is -2.12. The summed E-state index contributed by atoms with van der Waals surface area (Å²) in [5, 5.41) is 0. The second-order valence-electron chi connectivity index (χ2n) is 5.31. The van der Waals surface area contributed by atoms with Gasteiger partial charge in [0.05, 0.1) is 0 Å². The van der Waals surface area contributed by atoms with Crippen LogP contribution in [0.3, 0.4) is 0 Å². The SMILES string of the molecule is CC(N)c1cccn1Cc1ccc2c(c1)CCC2. The Morgan fingerprint density at radius 1 is 1.22 bits per heavy atom. The molecule has 1 atom stereocenters. The van der Waals surface area contributed by atoms with Crippen molar-refractivity contribution in [3.8, 4) is 0 Å². The van der Waals surface area contributed by atoms with Crippen LogP contribution in [0.5, 0.6) is 0 Å². The number of rotatable bonds is 3. The smallest absolute Gasteiger partial charge is 0.0473 e. The van der Waals surface area contributed by atoms with Gasteiger partial charge in [0.15, 0.2) is 0 Å². The zero-order valence-corrected chi connectivity index (χ0v) is 10.9. The first-order valence-corrected chi connectivity index (χ1v) is 6.75. The number of nitrogens with two attached hydrogens (primary N) is 1. The van der Waals surface area contributed by atoms with Crippen molar-refractivity contribution in [3.05, 3.63) is 58.9 Å². The van der Waals surface area contributed by atoms with Gasteiger partial charge in [-0.05, 0) is 55.0 Å². The Hall–Kier alpha value is -1.54. The summed E-state index contributed by atoms with van der Waals surface area (Å²) in [6.07, 6.45) is 5.93. The van der Waals surface area contributed by atoms with Crippen LogP contribution in [0.4, 0.5) is 0 Å². The van der Waals surface area contributed by atoms with Crippen LogP contribution in [-0.2, 0) is 19.4 Å². The van der Waals surface area contributed by atoms with Crippen LogP contribution in [-0.4, -0.2) is 4.57 Å². The maximum atomic E-state index is 5.98. The van der Waals surface area contributed by atoms with E-state index >= 15 is 0 Å². The van der Waals surface area contributed by atoms with Crippen molar-refractivity contribution in [3.63, 3.8) is 0 Å². The molecule has 1 aliphatic carbocycles. The minimum atomic E-state index is 0.0921. The van der Waals surface area contributed by atoms with Gasteiger partial charge in [-0.25, -0.2) is 0 Å². The standard InChI is InChI=1S/C16H20N2/c1-12(17)16-6-3-9-18(16)11-13-7-8-14-4-2-5-15(14)10-13/h3,6-10,12H,2,4-5,11,17H2,1H3. The Labute approximate surface area is 108 Å². The summed E-state index contributed by atoms with van der Waals surface area (Å²) in [4.78, 5) is 0. The number of benzene rings is 1. The zero-order valence-electron chi connectivity index (χ0n) is 10.9. The van der Waals surface area contributed by atoms with E-state index in [9.17, 15) is 0 Å². The Kier molecular flexibility index (Phi) is 2.96. The lowest BCUT2D eigenvalue weighted by molar-refractivity contribution is 0.675. The highest BCUT2D eigenvalue weighted by atomic mass is 15.0. The molecule has 1 aromatic heterocycles. The molecule has 3 rings (SSSR count). The Morgan fingerprint density at radius 3 is 2.89 bits per heavy atom. The van der Waals surface area contributed by atoms with Crippen LogP contribution in [0.2, 0.25) is 0 Å². The third-order valence-corrected chi connectivity index (χ3v) is 3.85. The molecule has 0 saturated carbocycles. The highest BCUT2D eigenvalue weighted by molar-refractivity contribution is 5.35. The van der Waals surface area contributed by atoms with Crippen LogP contribution in [0.1, 0.15) is 41.8 Å². The Morgan fingerprint density at radius 2 is 2.06 bits per heavy atom. The molecule has 0 bridgehead atoms. The number of fused-ring (bicyclic) bond motifs is 1. The van der Waals surface area contributed by atoms with Gasteiger partial charge in [-0.3, -0.25) is 0 Å². The molecule has 1 aliphatic rings. The average Bonchev–Trinajstić information content (AvgIpc) is 2.96. The third-order valence-electron chi connectivity index (χ3n) is 3.85. The molecule has 2 N–H and O–H groups in total. The largest absolute Gasteiger partial charge is 0.346 e. The van der Waals surface area contributed by atoms with Crippen LogP contribution >= 0.6 is 0 Å². The van der Waals surface area contributed by atoms with Crippen LogP contribution in [0.15, 0.2) is 36.5 Å². The average molecular weight is 240 g/mol. The molecule has 1 heterocycles. The Bertz CT molecular complexity index is 552. The van der Waals surface area contributed by atoms with E-state index in [2.05, 4.69) is 41.1 Å². The first-order valence-electron chi connectivity index (χ1n) is 6.75. The molecule has 94 valence electrons. The van der Waals surface area contributed by atoms with E-state index < -0.39 is 0 Å². The van der Waals surface area contributed by atoms with Crippen molar-refractivity contribution in [2.45, 2.75) is 38.8 Å². The van der Waals surface area contributed by atoms with Gasteiger partial charge in [0.2, 0.25) is 0 Å². The van der Waals surface area contributed by atoms with Gasteiger partial charge in [-0.2, -0.15) is 0 Å². The predicted molar refractivity (Wildman–Crippen MR) is 74.6 cm³/mol. The van der Waals surface area contributed by atoms with Crippen molar-refractivity contribution in [2.24, 2.45) is 5.73 Å².